The monoisotopic (exact) mass is 278 g/mol. The SMILES string of the molecule is CN(C(=O)c1n[nH]c(C(C)(C)C)n1)C1CCCCCC1. The Kier molecular flexibility index (Phi) is 4.45. The van der Waals surface area contributed by atoms with Crippen molar-refractivity contribution in [3.05, 3.63) is 11.6 Å². The van der Waals surface area contributed by atoms with Gasteiger partial charge in [-0.1, -0.05) is 46.5 Å². The highest BCUT2D eigenvalue weighted by Gasteiger charge is 2.26. The predicted octanol–water partition coefficient (Wildman–Crippen LogP) is 2.90. The van der Waals surface area contributed by atoms with Crippen LogP contribution >= 0.6 is 0 Å². The first-order valence-corrected chi connectivity index (χ1v) is 7.59. The summed E-state index contributed by atoms with van der Waals surface area (Å²) in [6.45, 7) is 6.16. The Morgan fingerprint density at radius 3 is 2.30 bits per heavy atom. The van der Waals surface area contributed by atoms with Gasteiger partial charge in [-0.05, 0) is 12.8 Å². The second-order valence-corrected chi connectivity index (χ2v) is 6.82. The minimum absolute atomic E-state index is 0.0661. The number of rotatable bonds is 2. The molecule has 1 aliphatic carbocycles. The lowest BCUT2D eigenvalue weighted by molar-refractivity contribution is 0.0705. The van der Waals surface area contributed by atoms with Gasteiger partial charge in [-0.25, -0.2) is 4.98 Å². The maximum Gasteiger partial charge on any atom is 0.293 e. The highest BCUT2D eigenvalue weighted by atomic mass is 16.2. The van der Waals surface area contributed by atoms with Crippen molar-refractivity contribution >= 4 is 5.91 Å². The Hall–Kier alpha value is -1.39. The van der Waals surface area contributed by atoms with Crippen molar-refractivity contribution < 1.29 is 4.79 Å². The third-order valence-electron chi connectivity index (χ3n) is 4.08. The zero-order chi connectivity index (χ0) is 14.8. The third kappa shape index (κ3) is 3.38. The van der Waals surface area contributed by atoms with Crippen LogP contribution in [0.25, 0.3) is 0 Å². The smallest absolute Gasteiger partial charge is 0.293 e. The highest BCUT2D eigenvalue weighted by Crippen LogP contribution is 2.22. The molecule has 1 aliphatic rings. The fourth-order valence-electron chi connectivity index (χ4n) is 2.66. The van der Waals surface area contributed by atoms with E-state index in [1.54, 1.807) is 0 Å². The number of carbonyl (C=O) groups is 1. The number of H-pyrrole nitrogens is 1. The Labute approximate surface area is 121 Å². The number of nitrogens with one attached hydrogen (secondary N) is 1. The molecule has 0 aromatic carbocycles. The number of amides is 1. The molecule has 0 bridgehead atoms. The van der Waals surface area contributed by atoms with Crippen LogP contribution in [-0.4, -0.2) is 39.1 Å². The van der Waals surface area contributed by atoms with E-state index in [9.17, 15) is 4.79 Å². The number of hydrogen-bond acceptors (Lipinski definition) is 3. The molecule has 1 saturated carbocycles. The molecule has 1 aromatic heterocycles. The van der Waals surface area contributed by atoms with E-state index in [0.717, 1.165) is 18.7 Å². The summed E-state index contributed by atoms with van der Waals surface area (Å²) in [6, 6.07) is 0.335. The zero-order valence-electron chi connectivity index (χ0n) is 13.1. The van der Waals surface area contributed by atoms with Crippen molar-refractivity contribution in [3.8, 4) is 0 Å². The van der Waals surface area contributed by atoms with Gasteiger partial charge in [-0.15, -0.1) is 5.10 Å². The maximum absolute atomic E-state index is 12.5. The summed E-state index contributed by atoms with van der Waals surface area (Å²) < 4.78 is 0. The van der Waals surface area contributed by atoms with Crippen molar-refractivity contribution in [2.24, 2.45) is 0 Å². The summed E-state index contributed by atoms with van der Waals surface area (Å²) in [7, 11) is 1.88. The predicted molar refractivity (Wildman–Crippen MR) is 78.7 cm³/mol. The Bertz CT molecular complexity index is 453. The Morgan fingerprint density at radius 2 is 1.80 bits per heavy atom. The van der Waals surface area contributed by atoms with Gasteiger partial charge in [-0.2, -0.15) is 0 Å². The molecule has 20 heavy (non-hydrogen) atoms. The van der Waals surface area contributed by atoms with Gasteiger partial charge >= 0.3 is 0 Å². The molecule has 0 atom stereocenters. The molecular weight excluding hydrogens is 252 g/mol. The lowest BCUT2D eigenvalue weighted by atomic mass is 9.96. The lowest BCUT2D eigenvalue weighted by Crippen LogP contribution is -2.37. The molecule has 1 fully saturated rings. The average Bonchev–Trinajstić information content (AvgIpc) is 2.74. The largest absolute Gasteiger partial charge is 0.336 e. The summed E-state index contributed by atoms with van der Waals surface area (Å²) in [5.41, 5.74) is -0.119. The summed E-state index contributed by atoms with van der Waals surface area (Å²) >= 11 is 0. The molecule has 1 aromatic rings. The topological polar surface area (TPSA) is 61.9 Å². The molecule has 2 rings (SSSR count). The molecule has 0 spiro atoms. The normalized spacial score (nSPS) is 17.8. The quantitative estimate of drug-likeness (QED) is 0.846. The van der Waals surface area contributed by atoms with Crippen molar-refractivity contribution in [2.75, 3.05) is 7.05 Å². The van der Waals surface area contributed by atoms with E-state index in [4.69, 9.17) is 0 Å². The molecule has 112 valence electrons. The van der Waals surface area contributed by atoms with Gasteiger partial charge in [0, 0.05) is 18.5 Å². The van der Waals surface area contributed by atoms with E-state index in [0.29, 0.717) is 11.9 Å². The van der Waals surface area contributed by atoms with Crippen molar-refractivity contribution in [3.63, 3.8) is 0 Å². The van der Waals surface area contributed by atoms with Crippen LogP contribution in [-0.2, 0) is 5.41 Å². The van der Waals surface area contributed by atoms with Gasteiger partial charge in [0.25, 0.3) is 5.91 Å². The molecule has 0 unspecified atom stereocenters. The van der Waals surface area contributed by atoms with Crippen molar-refractivity contribution in [1.82, 2.24) is 20.1 Å². The van der Waals surface area contributed by atoms with Crippen LogP contribution in [0.3, 0.4) is 0 Å². The van der Waals surface area contributed by atoms with Gasteiger partial charge in [0.05, 0.1) is 0 Å². The fraction of sp³-hybridized carbons (Fsp3) is 0.800. The minimum Gasteiger partial charge on any atom is -0.336 e. The second-order valence-electron chi connectivity index (χ2n) is 6.82. The standard InChI is InChI=1S/C15H26N4O/c1-15(2,3)14-16-12(17-18-14)13(20)19(4)11-9-7-5-6-8-10-11/h11H,5-10H2,1-4H3,(H,16,17,18). The van der Waals surface area contributed by atoms with Crippen LogP contribution in [0, 0.1) is 0 Å². The summed E-state index contributed by atoms with van der Waals surface area (Å²) in [4.78, 5) is 18.7. The summed E-state index contributed by atoms with van der Waals surface area (Å²) in [5, 5.41) is 6.98. The Balaban J connectivity index is 2.08. The van der Waals surface area contributed by atoms with E-state index in [2.05, 4.69) is 36.0 Å². The van der Waals surface area contributed by atoms with Crippen molar-refractivity contribution in [1.29, 1.82) is 0 Å². The molecule has 1 N–H and O–H groups in total. The molecule has 5 heteroatoms. The number of carbonyl (C=O) groups excluding carboxylic acids is 1. The first-order chi connectivity index (χ1) is 9.39. The highest BCUT2D eigenvalue weighted by molar-refractivity contribution is 5.90. The maximum atomic E-state index is 12.5. The fourth-order valence-corrected chi connectivity index (χ4v) is 2.66. The van der Waals surface area contributed by atoms with E-state index in [1.165, 1.54) is 25.7 Å². The molecular formula is C15H26N4O. The summed E-state index contributed by atoms with van der Waals surface area (Å²) in [5.74, 6) is 0.987. The van der Waals surface area contributed by atoms with Crippen LogP contribution < -0.4 is 0 Å². The van der Waals surface area contributed by atoms with Gasteiger partial charge in [0.15, 0.2) is 0 Å². The van der Waals surface area contributed by atoms with Crippen LogP contribution in [0.1, 0.15) is 75.7 Å². The number of aromatic nitrogens is 3. The first-order valence-electron chi connectivity index (χ1n) is 7.59. The molecule has 0 radical (unpaired) electrons. The molecule has 5 nitrogen and oxygen atoms in total. The van der Waals surface area contributed by atoms with Crippen LogP contribution in [0.15, 0.2) is 0 Å². The number of hydrogen-bond donors (Lipinski definition) is 1. The lowest BCUT2D eigenvalue weighted by Gasteiger charge is -2.26. The number of nitrogens with zero attached hydrogens (tertiary/aromatic N) is 3. The van der Waals surface area contributed by atoms with Crippen LogP contribution in [0.4, 0.5) is 0 Å². The van der Waals surface area contributed by atoms with Crippen molar-refractivity contribution in [2.45, 2.75) is 70.8 Å². The van der Waals surface area contributed by atoms with Gasteiger partial charge in [0.1, 0.15) is 5.82 Å². The minimum atomic E-state index is -0.119. The van der Waals surface area contributed by atoms with Gasteiger partial charge in [-0.3, -0.25) is 9.89 Å². The van der Waals surface area contributed by atoms with Crippen LogP contribution in [0.5, 0.6) is 0 Å². The van der Waals surface area contributed by atoms with E-state index < -0.39 is 0 Å². The molecule has 1 amide bonds. The average molecular weight is 278 g/mol. The zero-order valence-corrected chi connectivity index (χ0v) is 13.1. The van der Waals surface area contributed by atoms with E-state index in [-0.39, 0.29) is 11.3 Å². The first kappa shape index (κ1) is 15.0. The number of aromatic amines is 1. The summed E-state index contributed by atoms with van der Waals surface area (Å²) in [6.07, 6.45) is 7.19. The molecule has 0 saturated heterocycles. The third-order valence-corrected chi connectivity index (χ3v) is 4.08. The van der Waals surface area contributed by atoms with E-state index in [1.807, 2.05) is 11.9 Å². The van der Waals surface area contributed by atoms with E-state index >= 15 is 0 Å². The Morgan fingerprint density at radius 1 is 1.20 bits per heavy atom. The second kappa shape index (κ2) is 5.94. The van der Waals surface area contributed by atoms with Gasteiger partial charge in [0.2, 0.25) is 5.82 Å². The molecule has 0 aliphatic heterocycles. The van der Waals surface area contributed by atoms with Gasteiger partial charge < -0.3 is 4.90 Å². The molecule has 1 heterocycles. The van der Waals surface area contributed by atoms with Crippen LogP contribution in [0.2, 0.25) is 0 Å².